The number of nitrogens with two attached hydrogens (primary N) is 1. The Bertz CT molecular complexity index is 624. The van der Waals surface area contributed by atoms with Crippen molar-refractivity contribution in [2.45, 2.75) is 19.9 Å². The first-order chi connectivity index (χ1) is 9.43. The summed E-state index contributed by atoms with van der Waals surface area (Å²) in [5.74, 6) is 3.83. The Morgan fingerprint density at radius 1 is 1.10 bits per heavy atom. The Labute approximate surface area is 125 Å². The maximum atomic E-state index is 14.1. The molecule has 5 heteroatoms. The number of hydrazine groups is 1. The zero-order valence-electron chi connectivity index (χ0n) is 11.2. The van der Waals surface area contributed by atoms with Gasteiger partial charge in [-0.2, -0.15) is 0 Å². The van der Waals surface area contributed by atoms with E-state index in [1.807, 2.05) is 25.1 Å². The van der Waals surface area contributed by atoms with Gasteiger partial charge in [-0.1, -0.05) is 34.1 Å². The topological polar surface area (TPSA) is 38.0 Å². The number of nitrogens with one attached hydrogen (secondary N) is 1. The molecule has 0 spiro atoms. The first kappa shape index (κ1) is 15.1. The van der Waals surface area contributed by atoms with E-state index in [-0.39, 0.29) is 11.1 Å². The molecule has 0 fully saturated rings. The second-order valence-corrected chi connectivity index (χ2v) is 5.68. The van der Waals surface area contributed by atoms with Gasteiger partial charge in [0.2, 0.25) is 0 Å². The van der Waals surface area contributed by atoms with Gasteiger partial charge in [0.1, 0.15) is 0 Å². The van der Waals surface area contributed by atoms with Gasteiger partial charge in [0.25, 0.3) is 0 Å². The van der Waals surface area contributed by atoms with Crippen molar-refractivity contribution in [1.82, 2.24) is 5.43 Å². The molecule has 0 saturated carbocycles. The number of benzene rings is 2. The lowest BCUT2D eigenvalue weighted by Gasteiger charge is -2.19. The second kappa shape index (κ2) is 5.99. The first-order valence-electron chi connectivity index (χ1n) is 6.11. The molecule has 0 aliphatic heterocycles. The minimum absolute atomic E-state index is 0.188. The van der Waals surface area contributed by atoms with E-state index < -0.39 is 17.7 Å². The molecule has 1 unspecified atom stereocenters. The van der Waals surface area contributed by atoms with Crippen molar-refractivity contribution >= 4 is 15.9 Å². The van der Waals surface area contributed by atoms with E-state index in [0.29, 0.717) is 0 Å². The van der Waals surface area contributed by atoms with Gasteiger partial charge in [0.15, 0.2) is 11.6 Å². The summed E-state index contributed by atoms with van der Waals surface area (Å²) in [5.41, 5.74) is 4.78. The van der Waals surface area contributed by atoms with Crippen molar-refractivity contribution in [3.63, 3.8) is 0 Å². The lowest BCUT2D eigenvalue weighted by Crippen LogP contribution is -2.30. The van der Waals surface area contributed by atoms with E-state index in [1.54, 1.807) is 12.1 Å². The fraction of sp³-hybridized carbons (Fsp3) is 0.200. The van der Waals surface area contributed by atoms with Gasteiger partial charge in [0, 0.05) is 10.0 Å². The third-order valence-corrected chi connectivity index (χ3v) is 3.64. The van der Waals surface area contributed by atoms with E-state index in [4.69, 9.17) is 5.84 Å². The smallest absolute Gasteiger partial charge is 0.164 e. The Balaban J connectivity index is 2.55. The van der Waals surface area contributed by atoms with Crippen LogP contribution in [0.1, 0.15) is 28.3 Å². The Morgan fingerprint density at radius 3 is 2.40 bits per heavy atom. The summed E-state index contributed by atoms with van der Waals surface area (Å²) in [6, 6.07) is 8.13. The molecule has 2 aromatic rings. The van der Waals surface area contributed by atoms with Crippen molar-refractivity contribution in [1.29, 1.82) is 0 Å². The maximum Gasteiger partial charge on any atom is 0.164 e. The number of aryl methyl sites for hydroxylation is 2. The summed E-state index contributed by atoms with van der Waals surface area (Å²) in [4.78, 5) is 0. The fourth-order valence-electron chi connectivity index (χ4n) is 2.18. The normalized spacial score (nSPS) is 12.5. The van der Waals surface area contributed by atoms with Crippen LogP contribution in [0.2, 0.25) is 0 Å². The molecule has 3 N–H and O–H groups in total. The van der Waals surface area contributed by atoms with E-state index in [0.717, 1.165) is 15.6 Å². The summed E-state index contributed by atoms with van der Waals surface area (Å²) in [6.45, 7) is 3.45. The Kier molecular flexibility index (Phi) is 4.52. The minimum atomic E-state index is -0.870. The van der Waals surface area contributed by atoms with Gasteiger partial charge in [-0.15, -0.1) is 0 Å². The monoisotopic (exact) mass is 340 g/mol. The van der Waals surface area contributed by atoms with Crippen LogP contribution in [0, 0.1) is 25.5 Å². The molecule has 106 valence electrons. The van der Waals surface area contributed by atoms with E-state index in [9.17, 15) is 8.78 Å². The lowest BCUT2D eigenvalue weighted by molar-refractivity contribution is 0.478. The lowest BCUT2D eigenvalue weighted by atomic mass is 9.96. The largest absolute Gasteiger partial charge is 0.271 e. The highest BCUT2D eigenvalue weighted by atomic mass is 79.9. The quantitative estimate of drug-likeness (QED) is 0.656. The molecule has 0 heterocycles. The van der Waals surface area contributed by atoms with Crippen LogP contribution in [-0.4, -0.2) is 0 Å². The molecule has 0 aliphatic carbocycles. The Morgan fingerprint density at radius 2 is 1.80 bits per heavy atom. The van der Waals surface area contributed by atoms with E-state index in [1.165, 1.54) is 6.92 Å². The molecule has 0 bridgehead atoms. The van der Waals surface area contributed by atoms with E-state index >= 15 is 0 Å². The van der Waals surface area contributed by atoms with Crippen molar-refractivity contribution in [3.8, 4) is 0 Å². The van der Waals surface area contributed by atoms with Crippen LogP contribution in [0.25, 0.3) is 0 Å². The molecular formula is C15H15BrF2N2. The number of hydrogen-bond acceptors (Lipinski definition) is 2. The molecule has 0 amide bonds. The molecule has 2 nitrogen and oxygen atoms in total. The number of hydrogen-bond donors (Lipinski definition) is 2. The van der Waals surface area contributed by atoms with Crippen LogP contribution in [0.3, 0.4) is 0 Å². The molecular weight excluding hydrogens is 326 g/mol. The summed E-state index contributed by atoms with van der Waals surface area (Å²) < 4.78 is 28.7. The highest BCUT2D eigenvalue weighted by Crippen LogP contribution is 2.29. The zero-order chi connectivity index (χ0) is 14.9. The maximum absolute atomic E-state index is 14.1. The predicted octanol–water partition coefficient (Wildman–Crippen LogP) is 3.90. The highest BCUT2D eigenvalue weighted by molar-refractivity contribution is 9.10. The molecule has 2 rings (SSSR count). The van der Waals surface area contributed by atoms with Crippen LogP contribution < -0.4 is 11.3 Å². The highest BCUT2D eigenvalue weighted by Gasteiger charge is 2.20. The SMILES string of the molecule is Cc1cc(Br)cc(C(NN)c2ccc(C)c(F)c2F)c1. The van der Waals surface area contributed by atoms with E-state index in [2.05, 4.69) is 21.4 Å². The van der Waals surface area contributed by atoms with Gasteiger partial charge in [-0.3, -0.25) is 5.84 Å². The van der Waals surface area contributed by atoms with Crippen LogP contribution in [-0.2, 0) is 0 Å². The van der Waals surface area contributed by atoms with Gasteiger partial charge < -0.3 is 0 Å². The summed E-state index contributed by atoms with van der Waals surface area (Å²) in [5, 5.41) is 0. The fourth-order valence-corrected chi connectivity index (χ4v) is 2.81. The third-order valence-electron chi connectivity index (χ3n) is 3.18. The minimum Gasteiger partial charge on any atom is -0.271 e. The number of rotatable bonds is 3. The molecule has 20 heavy (non-hydrogen) atoms. The van der Waals surface area contributed by atoms with Crippen molar-refractivity contribution in [2.75, 3.05) is 0 Å². The van der Waals surface area contributed by atoms with Crippen molar-refractivity contribution in [2.24, 2.45) is 5.84 Å². The second-order valence-electron chi connectivity index (χ2n) is 4.76. The Hall–Kier alpha value is -1.30. The standard InChI is InChI=1S/C15H15BrF2N2/c1-8-5-10(7-11(16)6-8)15(20-19)12-4-3-9(2)13(17)14(12)18/h3-7,15,20H,19H2,1-2H3. The van der Waals surface area contributed by atoms with Crippen LogP contribution in [0.15, 0.2) is 34.8 Å². The average Bonchev–Trinajstić information content (AvgIpc) is 2.38. The van der Waals surface area contributed by atoms with Gasteiger partial charge in [-0.25, -0.2) is 14.2 Å². The molecule has 0 radical (unpaired) electrons. The summed E-state index contributed by atoms with van der Waals surface area (Å²) >= 11 is 3.39. The van der Waals surface area contributed by atoms with Crippen molar-refractivity contribution < 1.29 is 8.78 Å². The third kappa shape index (κ3) is 2.90. The molecule has 0 saturated heterocycles. The van der Waals surface area contributed by atoms with Crippen LogP contribution >= 0.6 is 15.9 Å². The molecule has 2 aromatic carbocycles. The predicted molar refractivity (Wildman–Crippen MR) is 79.1 cm³/mol. The van der Waals surface area contributed by atoms with Gasteiger partial charge >= 0.3 is 0 Å². The zero-order valence-corrected chi connectivity index (χ0v) is 12.8. The van der Waals surface area contributed by atoms with Crippen LogP contribution in [0.5, 0.6) is 0 Å². The van der Waals surface area contributed by atoms with Gasteiger partial charge in [0.05, 0.1) is 6.04 Å². The molecule has 0 aromatic heterocycles. The summed E-state index contributed by atoms with van der Waals surface area (Å²) in [7, 11) is 0. The summed E-state index contributed by atoms with van der Waals surface area (Å²) in [6.07, 6.45) is 0. The molecule has 0 aliphatic rings. The number of halogens is 3. The van der Waals surface area contributed by atoms with Gasteiger partial charge in [-0.05, 0) is 42.7 Å². The van der Waals surface area contributed by atoms with Crippen LogP contribution in [0.4, 0.5) is 8.78 Å². The average molecular weight is 341 g/mol. The first-order valence-corrected chi connectivity index (χ1v) is 6.91. The molecule has 1 atom stereocenters. The van der Waals surface area contributed by atoms with Crippen molar-refractivity contribution in [3.05, 3.63) is 68.7 Å².